The van der Waals surface area contributed by atoms with Gasteiger partial charge in [0.1, 0.15) is 5.82 Å². The van der Waals surface area contributed by atoms with E-state index in [1.807, 2.05) is 0 Å². The fraction of sp³-hybridized carbons (Fsp3) is 0.235. The minimum atomic E-state index is -0.0939. The molecule has 1 fully saturated rings. The second-order valence-corrected chi connectivity index (χ2v) is 5.84. The molecule has 3 aromatic rings. The number of nitrogens with one attached hydrogen (secondary N) is 1. The second-order valence-electron chi connectivity index (χ2n) is 5.84. The van der Waals surface area contributed by atoms with Crippen LogP contribution in [0.3, 0.4) is 0 Å². The van der Waals surface area contributed by atoms with E-state index in [0.29, 0.717) is 0 Å². The summed E-state index contributed by atoms with van der Waals surface area (Å²) in [4.78, 5) is 8.06. The molecule has 3 heteroatoms. The number of rotatable bonds is 2. The molecular formula is C17H17N3. The molecule has 0 atom stereocenters. The molecule has 0 unspecified atom stereocenters. The van der Waals surface area contributed by atoms with Crippen LogP contribution in [0.4, 0.5) is 0 Å². The Hall–Kier alpha value is -2.13. The van der Waals surface area contributed by atoms with Crippen molar-refractivity contribution in [1.29, 1.82) is 0 Å². The number of hydrogen-bond donors (Lipinski definition) is 2. The maximum absolute atomic E-state index is 6.26. The van der Waals surface area contributed by atoms with Gasteiger partial charge in [-0.15, -0.1) is 0 Å². The molecule has 0 amide bonds. The summed E-state index contributed by atoms with van der Waals surface area (Å²) in [5.74, 6) is 0.916. The van der Waals surface area contributed by atoms with Gasteiger partial charge in [-0.05, 0) is 37.5 Å². The Bertz CT molecular complexity index is 780. The minimum absolute atomic E-state index is 0.0939. The average Bonchev–Trinajstić information content (AvgIpc) is 3.06. The molecule has 1 heterocycles. The predicted octanol–water partition coefficient (Wildman–Crippen LogP) is 3.49. The van der Waals surface area contributed by atoms with E-state index in [0.717, 1.165) is 35.3 Å². The Balaban J connectivity index is 1.80. The monoisotopic (exact) mass is 263 g/mol. The van der Waals surface area contributed by atoms with Crippen LogP contribution in [0.1, 0.15) is 24.0 Å². The van der Waals surface area contributed by atoms with Crippen molar-refractivity contribution in [2.75, 3.05) is 0 Å². The molecule has 4 rings (SSSR count). The number of nitrogens with two attached hydrogens (primary N) is 1. The number of benzene rings is 2. The first kappa shape index (κ1) is 11.7. The largest absolute Gasteiger partial charge is 0.338 e. The lowest BCUT2D eigenvalue weighted by Crippen LogP contribution is -2.18. The molecule has 1 aromatic heterocycles. The van der Waals surface area contributed by atoms with Crippen molar-refractivity contribution in [1.82, 2.24) is 9.97 Å². The Labute approximate surface area is 117 Å². The molecule has 0 spiro atoms. The Morgan fingerprint density at radius 3 is 2.55 bits per heavy atom. The summed E-state index contributed by atoms with van der Waals surface area (Å²) in [5.41, 5.74) is 11.8. The summed E-state index contributed by atoms with van der Waals surface area (Å²) in [5, 5.41) is 0. The maximum atomic E-state index is 6.26. The normalized spacial score (nSPS) is 16.5. The van der Waals surface area contributed by atoms with E-state index in [2.05, 4.69) is 59.4 Å². The van der Waals surface area contributed by atoms with Gasteiger partial charge in [-0.25, -0.2) is 4.98 Å². The number of fused-ring (bicyclic) bond motifs is 1. The van der Waals surface area contributed by atoms with Crippen molar-refractivity contribution in [3.8, 4) is 11.4 Å². The van der Waals surface area contributed by atoms with E-state index in [-0.39, 0.29) is 5.54 Å². The van der Waals surface area contributed by atoms with Gasteiger partial charge in [0.05, 0.1) is 11.0 Å². The van der Waals surface area contributed by atoms with Crippen LogP contribution in [0, 0.1) is 6.92 Å². The second kappa shape index (κ2) is 3.93. The van der Waals surface area contributed by atoms with Crippen LogP contribution in [-0.4, -0.2) is 9.97 Å². The molecule has 3 nitrogen and oxygen atoms in total. The first-order chi connectivity index (χ1) is 9.64. The first-order valence-corrected chi connectivity index (χ1v) is 7.00. The van der Waals surface area contributed by atoms with E-state index >= 15 is 0 Å². The topological polar surface area (TPSA) is 54.7 Å². The Morgan fingerprint density at radius 2 is 1.85 bits per heavy atom. The third-order valence-corrected chi connectivity index (χ3v) is 4.17. The van der Waals surface area contributed by atoms with Gasteiger partial charge in [0.15, 0.2) is 0 Å². The van der Waals surface area contributed by atoms with Crippen LogP contribution >= 0.6 is 0 Å². The molecule has 1 saturated carbocycles. The third-order valence-electron chi connectivity index (χ3n) is 4.17. The molecule has 0 bridgehead atoms. The summed E-state index contributed by atoms with van der Waals surface area (Å²) < 4.78 is 0. The van der Waals surface area contributed by atoms with E-state index in [4.69, 9.17) is 5.73 Å². The molecule has 100 valence electrons. The predicted molar refractivity (Wildman–Crippen MR) is 81.4 cm³/mol. The summed E-state index contributed by atoms with van der Waals surface area (Å²) in [6.07, 6.45) is 2.16. The van der Waals surface area contributed by atoms with E-state index in [1.165, 1.54) is 11.1 Å². The zero-order valence-electron chi connectivity index (χ0n) is 11.5. The van der Waals surface area contributed by atoms with Gasteiger partial charge in [-0.1, -0.05) is 35.9 Å². The highest BCUT2D eigenvalue weighted by molar-refractivity contribution is 5.80. The van der Waals surface area contributed by atoms with E-state index < -0.39 is 0 Å². The van der Waals surface area contributed by atoms with Crippen LogP contribution in [0.15, 0.2) is 42.5 Å². The van der Waals surface area contributed by atoms with Gasteiger partial charge in [-0.2, -0.15) is 0 Å². The molecule has 2 aromatic carbocycles. The van der Waals surface area contributed by atoms with Gasteiger partial charge in [0.25, 0.3) is 0 Å². The highest BCUT2D eigenvalue weighted by Crippen LogP contribution is 2.43. The number of H-pyrrole nitrogens is 1. The Morgan fingerprint density at radius 1 is 1.10 bits per heavy atom. The van der Waals surface area contributed by atoms with Crippen LogP contribution in [0.2, 0.25) is 0 Å². The summed E-state index contributed by atoms with van der Waals surface area (Å²) in [7, 11) is 0. The highest BCUT2D eigenvalue weighted by atomic mass is 14.9. The molecule has 0 radical (unpaired) electrons. The summed E-state index contributed by atoms with van der Waals surface area (Å²) >= 11 is 0. The number of aromatic nitrogens is 2. The number of hydrogen-bond acceptors (Lipinski definition) is 2. The highest BCUT2D eigenvalue weighted by Gasteiger charge is 2.40. The smallest absolute Gasteiger partial charge is 0.138 e. The van der Waals surface area contributed by atoms with Crippen LogP contribution in [-0.2, 0) is 5.54 Å². The van der Waals surface area contributed by atoms with E-state index in [1.54, 1.807) is 0 Å². The van der Waals surface area contributed by atoms with Gasteiger partial charge in [-0.3, -0.25) is 0 Å². The number of nitrogens with zero attached hydrogens (tertiary/aromatic N) is 1. The van der Waals surface area contributed by atoms with Crippen molar-refractivity contribution in [3.63, 3.8) is 0 Å². The molecular weight excluding hydrogens is 246 g/mol. The Kier molecular flexibility index (Phi) is 2.30. The third kappa shape index (κ3) is 1.82. The van der Waals surface area contributed by atoms with Gasteiger partial charge in [0.2, 0.25) is 0 Å². The molecule has 3 N–H and O–H groups in total. The molecule has 20 heavy (non-hydrogen) atoms. The van der Waals surface area contributed by atoms with Crippen LogP contribution in [0.5, 0.6) is 0 Å². The van der Waals surface area contributed by atoms with Crippen molar-refractivity contribution in [2.45, 2.75) is 25.3 Å². The van der Waals surface area contributed by atoms with Gasteiger partial charge >= 0.3 is 0 Å². The van der Waals surface area contributed by atoms with Crippen LogP contribution in [0.25, 0.3) is 22.4 Å². The lowest BCUT2D eigenvalue weighted by atomic mass is 10.1. The number of aryl methyl sites for hydroxylation is 1. The quantitative estimate of drug-likeness (QED) is 0.743. The first-order valence-electron chi connectivity index (χ1n) is 7.00. The van der Waals surface area contributed by atoms with Gasteiger partial charge in [0, 0.05) is 11.1 Å². The lowest BCUT2D eigenvalue weighted by Gasteiger charge is -2.07. The fourth-order valence-electron chi connectivity index (χ4n) is 2.59. The standard InChI is InChI=1S/C17H17N3/c1-11-2-4-12(5-3-11)16-19-14-7-6-13(10-15(14)20-16)17(18)8-9-17/h2-7,10H,8-9,18H2,1H3,(H,19,20). The van der Waals surface area contributed by atoms with Crippen molar-refractivity contribution >= 4 is 11.0 Å². The maximum Gasteiger partial charge on any atom is 0.138 e. The molecule has 1 aliphatic rings. The fourth-order valence-corrected chi connectivity index (χ4v) is 2.59. The average molecular weight is 263 g/mol. The summed E-state index contributed by atoms with van der Waals surface area (Å²) in [6.45, 7) is 2.09. The van der Waals surface area contributed by atoms with E-state index in [9.17, 15) is 0 Å². The summed E-state index contributed by atoms with van der Waals surface area (Å²) in [6, 6.07) is 14.7. The number of imidazole rings is 1. The van der Waals surface area contributed by atoms with Crippen molar-refractivity contribution < 1.29 is 0 Å². The lowest BCUT2D eigenvalue weighted by molar-refractivity contribution is 0.741. The minimum Gasteiger partial charge on any atom is -0.338 e. The SMILES string of the molecule is Cc1ccc(-c2nc3ccc(C4(N)CC4)cc3[nH]2)cc1. The molecule has 0 saturated heterocycles. The zero-order chi connectivity index (χ0) is 13.7. The number of aromatic amines is 1. The zero-order valence-corrected chi connectivity index (χ0v) is 11.5. The van der Waals surface area contributed by atoms with Crippen molar-refractivity contribution in [2.24, 2.45) is 5.73 Å². The molecule has 0 aliphatic heterocycles. The van der Waals surface area contributed by atoms with Crippen molar-refractivity contribution in [3.05, 3.63) is 53.6 Å². The van der Waals surface area contributed by atoms with Crippen LogP contribution < -0.4 is 5.73 Å². The molecule has 1 aliphatic carbocycles. The van der Waals surface area contributed by atoms with Gasteiger partial charge < -0.3 is 10.7 Å².